The van der Waals surface area contributed by atoms with Crippen molar-refractivity contribution >= 4 is 33.1 Å². The average molecular weight is 302 g/mol. The van der Waals surface area contributed by atoms with Gasteiger partial charge in [0.1, 0.15) is 22.8 Å². The van der Waals surface area contributed by atoms with E-state index < -0.39 is 0 Å². The van der Waals surface area contributed by atoms with Crippen LogP contribution in [0.15, 0.2) is 42.0 Å². The summed E-state index contributed by atoms with van der Waals surface area (Å²) in [5, 5.41) is 3.00. The van der Waals surface area contributed by atoms with E-state index in [2.05, 4.69) is 14.9 Å². The number of aromatic nitrogens is 2. The fraction of sp³-hybridized carbons (Fsp3) is 0.200. The molecule has 3 aromatic rings. The van der Waals surface area contributed by atoms with Crippen LogP contribution in [0.2, 0.25) is 0 Å². The van der Waals surface area contributed by atoms with Crippen LogP contribution in [0, 0.1) is 5.82 Å². The Morgan fingerprint density at radius 2 is 1.95 bits per heavy atom. The monoisotopic (exact) mass is 302 g/mol. The highest BCUT2D eigenvalue weighted by Crippen LogP contribution is 2.31. The number of rotatable bonds is 5. The maximum atomic E-state index is 13.1. The van der Waals surface area contributed by atoms with Crippen molar-refractivity contribution in [2.75, 3.05) is 18.0 Å². The minimum Gasteiger partial charge on any atom is -0.330 e. The van der Waals surface area contributed by atoms with Gasteiger partial charge in [0, 0.05) is 12.2 Å². The van der Waals surface area contributed by atoms with Crippen LogP contribution in [-0.2, 0) is 0 Å². The van der Waals surface area contributed by atoms with Gasteiger partial charge in [-0.05, 0) is 48.7 Å². The highest BCUT2D eigenvalue weighted by atomic mass is 32.1. The Balaban J connectivity index is 2.06. The molecule has 2 heterocycles. The number of hydrogen-bond acceptors (Lipinski definition) is 5. The summed E-state index contributed by atoms with van der Waals surface area (Å²) in [6.45, 7) is 1.32. The number of nitrogens with two attached hydrogens (primary N) is 1. The van der Waals surface area contributed by atoms with Crippen molar-refractivity contribution in [3.05, 3.63) is 47.9 Å². The summed E-state index contributed by atoms with van der Waals surface area (Å²) in [6, 6.07) is 8.43. The van der Waals surface area contributed by atoms with E-state index in [9.17, 15) is 4.39 Å². The van der Waals surface area contributed by atoms with Gasteiger partial charge in [0.15, 0.2) is 0 Å². The molecule has 21 heavy (non-hydrogen) atoms. The maximum absolute atomic E-state index is 13.1. The molecule has 0 aliphatic carbocycles. The molecule has 3 rings (SSSR count). The van der Waals surface area contributed by atoms with E-state index in [1.165, 1.54) is 12.1 Å². The molecule has 0 radical (unpaired) electrons. The molecule has 0 unspecified atom stereocenters. The summed E-state index contributed by atoms with van der Waals surface area (Å²) in [5.41, 5.74) is 6.53. The maximum Gasteiger partial charge on any atom is 0.145 e. The number of anilines is 2. The molecular weight excluding hydrogens is 287 g/mol. The summed E-state index contributed by atoms with van der Waals surface area (Å²) < 4.78 is 13.1. The van der Waals surface area contributed by atoms with Crippen molar-refractivity contribution in [2.45, 2.75) is 6.42 Å². The first-order chi connectivity index (χ1) is 10.3. The average Bonchev–Trinajstić information content (AvgIpc) is 2.98. The molecular formula is C15H15FN4S. The SMILES string of the molecule is NCCCN(c1ccc(F)cc1)c1ncnc2sccc12. The number of thiophene rings is 1. The van der Waals surface area contributed by atoms with Crippen LogP contribution in [-0.4, -0.2) is 23.1 Å². The topological polar surface area (TPSA) is 55.0 Å². The first kappa shape index (κ1) is 13.9. The van der Waals surface area contributed by atoms with Gasteiger partial charge < -0.3 is 10.6 Å². The Labute approximate surface area is 126 Å². The van der Waals surface area contributed by atoms with E-state index in [1.54, 1.807) is 29.8 Å². The van der Waals surface area contributed by atoms with Crippen LogP contribution >= 0.6 is 11.3 Å². The largest absolute Gasteiger partial charge is 0.330 e. The summed E-state index contributed by atoms with van der Waals surface area (Å²) in [4.78, 5) is 11.7. The lowest BCUT2D eigenvalue weighted by molar-refractivity contribution is 0.627. The van der Waals surface area contributed by atoms with Crippen LogP contribution in [0.4, 0.5) is 15.9 Å². The van der Waals surface area contributed by atoms with E-state index in [4.69, 9.17) is 5.73 Å². The van der Waals surface area contributed by atoms with Crippen LogP contribution in [0.25, 0.3) is 10.2 Å². The quantitative estimate of drug-likeness (QED) is 0.785. The minimum absolute atomic E-state index is 0.249. The Bertz CT molecular complexity index is 726. The fourth-order valence-corrected chi connectivity index (χ4v) is 2.95. The van der Waals surface area contributed by atoms with Gasteiger partial charge in [-0.2, -0.15) is 0 Å². The van der Waals surface area contributed by atoms with E-state index in [0.717, 1.165) is 34.7 Å². The van der Waals surface area contributed by atoms with Gasteiger partial charge in [-0.25, -0.2) is 14.4 Å². The molecule has 0 amide bonds. The second-order valence-corrected chi connectivity index (χ2v) is 5.50. The van der Waals surface area contributed by atoms with Gasteiger partial charge in [-0.3, -0.25) is 0 Å². The van der Waals surface area contributed by atoms with Gasteiger partial charge in [0.05, 0.1) is 5.39 Å². The molecule has 4 nitrogen and oxygen atoms in total. The molecule has 0 aliphatic rings. The zero-order valence-corrected chi connectivity index (χ0v) is 12.2. The Kier molecular flexibility index (Phi) is 4.08. The predicted molar refractivity (Wildman–Crippen MR) is 84.5 cm³/mol. The van der Waals surface area contributed by atoms with Crippen LogP contribution in [0.5, 0.6) is 0 Å². The third-order valence-corrected chi connectivity index (χ3v) is 4.04. The van der Waals surface area contributed by atoms with Crippen LogP contribution < -0.4 is 10.6 Å². The molecule has 0 saturated carbocycles. The number of hydrogen-bond donors (Lipinski definition) is 1. The third-order valence-electron chi connectivity index (χ3n) is 3.22. The van der Waals surface area contributed by atoms with E-state index in [0.29, 0.717) is 6.54 Å². The molecule has 0 spiro atoms. The van der Waals surface area contributed by atoms with Crippen molar-refractivity contribution in [2.24, 2.45) is 5.73 Å². The summed E-state index contributed by atoms with van der Waals surface area (Å²) >= 11 is 1.58. The summed E-state index contributed by atoms with van der Waals surface area (Å²) in [5.74, 6) is 0.585. The number of halogens is 1. The van der Waals surface area contributed by atoms with Gasteiger partial charge in [0.2, 0.25) is 0 Å². The van der Waals surface area contributed by atoms with Gasteiger partial charge >= 0.3 is 0 Å². The summed E-state index contributed by atoms with van der Waals surface area (Å²) in [7, 11) is 0. The molecule has 1 aromatic carbocycles. The molecule has 0 saturated heterocycles. The van der Waals surface area contributed by atoms with Crippen molar-refractivity contribution < 1.29 is 4.39 Å². The molecule has 108 valence electrons. The van der Waals surface area contributed by atoms with E-state index in [-0.39, 0.29) is 5.82 Å². The molecule has 6 heteroatoms. The second kappa shape index (κ2) is 6.15. The van der Waals surface area contributed by atoms with E-state index >= 15 is 0 Å². The van der Waals surface area contributed by atoms with Crippen molar-refractivity contribution in [3.63, 3.8) is 0 Å². The lowest BCUT2D eigenvalue weighted by atomic mass is 10.2. The van der Waals surface area contributed by atoms with Crippen molar-refractivity contribution in [1.29, 1.82) is 0 Å². The highest BCUT2D eigenvalue weighted by molar-refractivity contribution is 7.16. The number of benzene rings is 1. The van der Waals surface area contributed by atoms with Crippen LogP contribution in [0.1, 0.15) is 6.42 Å². The highest BCUT2D eigenvalue weighted by Gasteiger charge is 2.14. The normalized spacial score (nSPS) is 11.0. The van der Waals surface area contributed by atoms with E-state index in [1.807, 2.05) is 11.4 Å². The number of nitrogens with zero attached hydrogens (tertiary/aromatic N) is 3. The third kappa shape index (κ3) is 2.86. The smallest absolute Gasteiger partial charge is 0.145 e. The summed E-state index contributed by atoms with van der Waals surface area (Å²) in [6.07, 6.45) is 2.39. The number of fused-ring (bicyclic) bond motifs is 1. The molecule has 0 bridgehead atoms. The first-order valence-corrected chi connectivity index (χ1v) is 7.59. The Morgan fingerprint density at radius 1 is 1.14 bits per heavy atom. The predicted octanol–water partition coefficient (Wildman–Crippen LogP) is 3.32. The van der Waals surface area contributed by atoms with Gasteiger partial charge in [-0.15, -0.1) is 11.3 Å². The minimum atomic E-state index is -0.249. The molecule has 0 fully saturated rings. The van der Waals surface area contributed by atoms with Crippen LogP contribution in [0.3, 0.4) is 0 Å². The lowest BCUT2D eigenvalue weighted by Crippen LogP contribution is -2.22. The Hall–Kier alpha value is -2.05. The molecule has 0 aliphatic heterocycles. The Morgan fingerprint density at radius 3 is 2.71 bits per heavy atom. The molecule has 0 atom stereocenters. The first-order valence-electron chi connectivity index (χ1n) is 6.71. The zero-order valence-electron chi connectivity index (χ0n) is 11.4. The fourth-order valence-electron chi connectivity index (χ4n) is 2.22. The molecule has 2 N–H and O–H groups in total. The second-order valence-electron chi connectivity index (χ2n) is 4.61. The van der Waals surface area contributed by atoms with Crippen molar-refractivity contribution in [1.82, 2.24) is 9.97 Å². The van der Waals surface area contributed by atoms with Gasteiger partial charge in [0.25, 0.3) is 0 Å². The molecule has 2 aromatic heterocycles. The van der Waals surface area contributed by atoms with Crippen molar-refractivity contribution in [3.8, 4) is 0 Å². The van der Waals surface area contributed by atoms with Gasteiger partial charge in [-0.1, -0.05) is 0 Å². The zero-order chi connectivity index (χ0) is 14.7. The lowest BCUT2D eigenvalue weighted by Gasteiger charge is -2.24. The standard InChI is InChI=1S/C15H15FN4S/c16-11-2-4-12(5-3-11)20(8-1-7-17)14-13-6-9-21-15(13)19-10-18-14/h2-6,9-10H,1,7-8,17H2.